The van der Waals surface area contributed by atoms with Gasteiger partial charge in [0.05, 0.1) is 11.5 Å². The molecule has 1 heterocycles. The van der Waals surface area contributed by atoms with Gasteiger partial charge in [0.2, 0.25) is 5.91 Å². The fourth-order valence-electron chi connectivity index (χ4n) is 3.28. The molecule has 5 heteroatoms. The van der Waals surface area contributed by atoms with Gasteiger partial charge < -0.3 is 14.8 Å². The summed E-state index contributed by atoms with van der Waals surface area (Å²) in [5, 5.41) is 3.73. The zero-order valence-corrected chi connectivity index (χ0v) is 15.9. The standard InChI is InChI=1S/C21H24ClNO3/c1-15(2)26-19-9-7-18(8-10-19)23-20(24)21(11-13-25-14-12-21)16-3-5-17(22)6-4-16/h3-10,15H,11-14H2,1-2H3,(H,23,24). The van der Waals surface area contributed by atoms with Gasteiger partial charge in [0.1, 0.15) is 5.75 Å². The number of amides is 1. The number of anilines is 1. The van der Waals surface area contributed by atoms with Crippen LogP contribution in [0.2, 0.25) is 5.02 Å². The number of carbonyl (C=O) groups is 1. The van der Waals surface area contributed by atoms with E-state index in [2.05, 4.69) is 5.32 Å². The van der Waals surface area contributed by atoms with E-state index in [0.29, 0.717) is 31.1 Å². The molecule has 0 saturated carbocycles. The second-order valence-corrected chi connectivity index (χ2v) is 7.28. The Morgan fingerprint density at radius 3 is 2.27 bits per heavy atom. The zero-order valence-electron chi connectivity index (χ0n) is 15.1. The Balaban J connectivity index is 1.81. The van der Waals surface area contributed by atoms with Crippen LogP contribution in [0.15, 0.2) is 48.5 Å². The third kappa shape index (κ3) is 4.19. The van der Waals surface area contributed by atoms with Crippen LogP contribution in [0.5, 0.6) is 5.75 Å². The number of nitrogens with one attached hydrogen (secondary N) is 1. The van der Waals surface area contributed by atoms with E-state index < -0.39 is 5.41 Å². The highest BCUT2D eigenvalue weighted by Crippen LogP contribution is 2.36. The third-order valence-electron chi connectivity index (χ3n) is 4.66. The number of hydrogen-bond acceptors (Lipinski definition) is 3. The quantitative estimate of drug-likeness (QED) is 0.817. The molecule has 0 spiro atoms. The molecule has 1 N–H and O–H groups in total. The second kappa shape index (κ2) is 8.11. The first-order valence-corrected chi connectivity index (χ1v) is 9.29. The summed E-state index contributed by atoms with van der Waals surface area (Å²) in [5.74, 6) is 0.775. The molecule has 0 bridgehead atoms. The third-order valence-corrected chi connectivity index (χ3v) is 4.91. The molecule has 0 aromatic heterocycles. The SMILES string of the molecule is CC(C)Oc1ccc(NC(=O)C2(c3ccc(Cl)cc3)CCOCC2)cc1. The Labute approximate surface area is 159 Å². The van der Waals surface area contributed by atoms with E-state index in [-0.39, 0.29) is 12.0 Å². The van der Waals surface area contributed by atoms with E-state index in [1.165, 1.54) is 0 Å². The summed E-state index contributed by atoms with van der Waals surface area (Å²) >= 11 is 6.02. The summed E-state index contributed by atoms with van der Waals surface area (Å²) in [6.07, 6.45) is 1.41. The highest BCUT2D eigenvalue weighted by Gasteiger charge is 2.41. The second-order valence-electron chi connectivity index (χ2n) is 6.85. The summed E-state index contributed by atoms with van der Waals surface area (Å²) in [6, 6.07) is 15.0. The van der Waals surface area contributed by atoms with Crippen molar-refractivity contribution in [2.75, 3.05) is 18.5 Å². The van der Waals surface area contributed by atoms with Gasteiger partial charge in [-0.1, -0.05) is 23.7 Å². The lowest BCUT2D eigenvalue weighted by Gasteiger charge is -2.36. The highest BCUT2D eigenvalue weighted by molar-refractivity contribution is 6.30. The van der Waals surface area contributed by atoms with Crippen molar-refractivity contribution in [1.82, 2.24) is 0 Å². The molecule has 2 aromatic rings. The monoisotopic (exact) mass is 373 g/mol. The maximum absolute atomic E-state index is 13.2. The molecule has 3 rings (SSSR count). The predicted octanol–water partition coefficient (Wildman–Crippen LogP) is 4.81. The number of ether oxygens (including phenoxy) is 2. The molecule has 0 unspecified atom stereocenters. The summed E-state index contributed by atoms with van der Waals surface area (Å²) in [6.45, 7) is 5.10. The largest absolute Gasteiger partial charge is 0.491 e. The minimum atomic E-state index is -0.601. The fourth-order valence-corrected chi connectivity index (χ4v) is 3.40. The molecule has 1 fully saturated rings. The lowest BCUT2D eigenvalue weighted by atomic mass is 9.73. The normalized spacial score (nSPS) is 16.3. The molecule has 4 nitrogen and oxygen atoms in total. The van der Waals surface area contributed by atoms with Crippen LogP contribution in [0.3, 0.4) is 0 Å². The summed E-state index contributed by atoms with van der Waals surface area (Å²) in [7, 11) is 0. The molecule has 138 valence electrons. The van der Waals surface area contributed by atoms with Gasteiger partial charge in [0, 0.05) is 23.9 Å². The number of benzene rings is 2. The molecule has 1 amide bonds. The highest BCUT2D eigenvalue weighted by atomic mass is 35.5. The Bertz CT molecular complexity index is 735. The average Bonchev–Trinajstić information content (AvgIpc) is 2.64. The van der Waals surface area contributed by atoms with Crippen molar-refractivity contribution in [3.05, 3.63) is 59.1 Å². The number of halogens is 1. The minimum Gasteiger partial charge on any atom is -0.491 e. The van der Waals surface area contributed by atoms with E-state index in [4.69, 9.17) is 21.1 Å². The Morgan fingerprint density at radius 2 is 1.69 bits per heavy atom. The molecule has 1 saturated heterocycles. The van der Waals surface area contributed by atoms with Crippen LogP contribution in [0.4, 0.5) is 5.69 Å². The maximum atomic E-state index is 13.2. The van der Waals surface area contributed by atoms with Crippen LogP contribution >= 0.6 is 11.6 Å². The molecule has 0 aliphatic carbocycles. The summed E-state index contributed by atoms with van der Waals surface area (Å²) in [5.41, 5.74) is 1.13. The van der Waals surface area contributed by atoms with Crippen molar-refractivity contribution < 1.29 is 14.3 Å². The Hall–Kier alpha value is -2.04. The first-order chi connectivity index (χ1) is 12.5. The van der Waals surface area contributed by atoms with Crippen LogP contribution in [0.1, 0.15) is 32.3 Å². The van der Waals surface area contributed by atoms with Crippen LogP contribution < -0.4 is 10.1 Å². The maximum Gasteiger partial charge on any atom is 0.235 e. The van der Waals surface area contributed by atoms with Gasteiger partial charge in [-0.15, -0.1) is 0 Å². The van der Waals surface area contributed by atoms with Crippen LogP contribution in [0, 0.1) is 0 Å². The van der Waals surface area contributed by atoms with Crippen molar-refractivity contribution in [3.8, 4) is 5.75 Å². The number of hydrogen-bond donors (Lipinski definition) is 1. The molecule has 0 atom stereocenters. The first-order valence-electron chi connectivity index (χ1n) is 8.91. The zero-order chi connectivity index (χ0) is 18.6. The summed E-state index contributed by atoms with van der Waals surface area (Å²) < 4.78 is 11.1. The topological polar surface area (TPSA) is 47.6 Å². The molecule has 1 aliphatic rings. The lowest BCUT2D eigenvalue weighted by Crippen LogP contribution is -2.44. The molecule has 2 aromatic carbocycles. The van der Waals surface area contributed by atoms with Crippen molar-refractivity contribution in [2.45, 2.75) is 38.2 Å². The van der Waals surface area contributed by atoms with Gasteiger partial charge in [0.15, 0.2) is 0 Å². The predicted molar refractivity (Wildman–Crippen MR) is 104 cm³/mol. The van der Waals surface area contributed by atoms with Gasteiger partial charge >= 0.3 is 0 Å². The van der Waals surface area contributed by atoms with Gasteiger partial charge in [-0.25, -0.2) is 0 Å². The van der Waals surface area contributed by atoms with Crippen molar-refractivity contribution in [2.24, 2.45) is 0 Å². The van der Waals surface area contributed by atoms with E-state index >= 15 is 0 Å². The lowest BCUT2D eigenvalue weighted by molar-refractivity contribution is -0.125. The van der Waals surface area contributed by atoms with Crippen molar-refractivity contribution in [1.29, 1.82) is 0 Å². The number of carbonyl (C=O) groups excluding carboxylic acids is 1. The fraction of sp³-hybridized carbons (Fsp3) is 0.381. The van der Waals surface area contributed by atoms with Crippen LogP contribution in [0.25, 0.3) is 0 Å². The van der Waals surface area contributed by atoms with E-state index in [1.807, 2.05) is 62.4 Å². The van der Waals surface area contributed by atoms with Gasteiger partial charge in [-0.05, 0) is 68.7 Å². The molecular weight excluding hydrogens is 350 g/mol. The van der Waals surface area contributed by atoms with Crippen molar-refractivity contribution in [3.63, 3.8) is 0 Å². The van der Waals surface area contributed by atoms with Gasteiger partial charge in [-0.3, -0.25) is 4.79 Å². The molecular formula is C21H24ClNO3. The summed E-state index contributed by atoms with van der Waals surface area (Å²) in [4.78, 5) is 13.2. The van der Waals surface area contributed by atoms with Crippen molar-refractivity contribution >= 4 is 23.2 Å². The Morgan fingerprint density at radius 1 is 1.08 bits per heavy atom. The number of rotatable bonds is 5. The Kier molecular flexibility index (Phi) is 5.84. The minimum absolute atomic E-state index is 0.0133. The molecule has 0 radical (unpaired) electrons. The van der Waals surface area contributed by atoms with E-state index in [9.17, 15) is 4.79 Å². The smallest absolute Gasteiger partial charge is 0.235 e. The van der Waals surface area contributed by atoms with E-state index in [0.717, 1.165) is 17.0 Å². The van der Waals surface area contributed by atoms with Gasteiger partial charge in [0.25, 0.3) is 0 Å². The van der Waals surface area contributed by atoms with Crippen LogP contribution in [-0.2, 0) is 14.9 Å². The van der Waals surface area contributed by atoms with Crippen LogP contribution in [-0.4, -0.2) is 25.2 Å². The average molecular weight is 374 g/mol. The van der Waals surface area contributed by atoms with Gasteiger partial charge in [-0.2, -0.15) is 0 Å². The molecule has 1 aliphatic heterocycles. The first kappa shape index (κ1) is 18.7. The molecule has 26 heavy (non-hydrogen) atoms. The van der Waals surface area contributed by atoms with E-state index in [1.54, 1.807) is 0 Å².